The molecule has 9 heteroatoms. The monoisotopic (exact) mass is 441 g/mol. The molecule has 2 aromatic rings. The maximum atomic E-state index is 12.4. The van der Waals surface area contributed by atoms with Crippen molar-refractivity contribution < 1.29 is 23.5 Å². The van der Waals surface area contributed by atoms with Crippen LogP contribution in [0.15, 0.2) is 22.8 Å². The van der Waals surface area contributed by atoms with E-state index in [-0.39, 0.29) is 18.9 Å². The highest BCUT2D eigenvalue weighted by Crippen LogP contribution is 2.37. The summed E-state index contributed by atoms with van der Waals surface area (Å²) in [6.45, 7) is 0.0848. The standard InChI is InChI=1S/C22H23N3O5S/c23-10-17-16-6-2-1-3-7-18(16)31-21(17)24-19(26)13-30-22(28)14-9-20(27)25(11-14)12-15-5-4-8-29-15/h4-5,8,14H,1-3,6-7,9,11-13H2,(H,24,26)/t14-/m0/s1. The first-order valence-electron chi connectivity index (χ1n) is 10.4. The van der Waals surface area contributed by atoms with Crippen LogP contribution >= 0.6 is 11.3 Å². The second-order valence-electron chi connectivity index (χ2n) is 7.79. The van der Waals surface area contributed by atoms with E-state index in [1.165, 1.54) is 17.6 Å². The Hall–Kier alpha value is -3.12. The normalized spacial score (nSPS) is 18.2. The number of nitrogens with one attached hydrogen (secondary N) is 1. The summed E-state index contributed by atoms with van der Waals surface area (Å²) in [6, 6.07) is 5.72. The Balaban J connectivity index is 1.30. The first-order valence-corrected chi connectivity index (χ1v) is 11.2. The van der Waals surface area contributed by atoms with Gasteiger partial charge in [0.05, 0.1) is 24.3 Å². The summed E-state index contributed by atoms with van der Waals surface area (Å²) in [5.41, 5.74) is 1.56. The van der Waals surface area contributed by atoms with Gasteiger partial charge < -0.3 is 19.4 Å². The van der Waals surface area contributed by atoms with Crippen molar-refractivity contribution in [1.29, 1.82) is 5.26 Å². The lowest BCUT2D eigenvalue weighted by atomic mass is 10.1. The molecular weight excluding hydrogens is 418 g/mol. The van der Waals surface area contributed by atoms with Crippen LogP contribution in [0.4, 0.5) is 5.00 Å². The van der Waals surface area contributed by atoms with Crippen molar-refractivity contribution in [3.8, 4) is 6.07 Å². The predicted molar refractivity (Wildman–Crippen MR) is 112 cm³/mol. The van der Waals surface area contributed by atoms with Crippen LogP contribution in [0.1, 0.15) is 47.4 Å². The Morgan fingerprint density at radius 3 is 2.94 bits per heavy atom. The van der Waals surface area contributed by atoms with Gasteiger partial charge in [0.25, 0.3) is 5.91 Å². The molecule has 31 heavy (non-hydrogen) atoms. The molecule has 0 unspecified atom stereocenters. The summed E-state index contributed by atoms with van der Waals surface area (Å²) in [7, 11) is 0. The van der Waals surface area contributed by atoms with E-state index in [2.05, 4.69) is 11.4 Å². The maximum absolute atomic E-state index is 12.4. The van der Waals surface area contributed by atoms with Gasteiger partial charge in [0, 0.05) is 17.8 Å². The summed E-state index contributed by atoms with van der Waals surface area (Å²) >= 11 is 1.43. The quantitative estimate of drug-likeness (QED) is 0.545. The van der Waals surface area contributed by atoms with Crippen LogP contribution in [0.2, 0.25) is 0 Å². The highest BCUT2D eigenvalue weighted by atomic mass is 32.1. The number of ether oxygens (including phenoxy) is 1. The first kappa shape index (κ1) is 21.1. The zero-order valence-corrected chi connectivity index (χ0v) is 17.8. The van der Waals surface area contributed by atoms with Gasteiger partial charge in [-0.3, -0.25) is 14.4 Å². The smallest absolute Gasteiger partial charge is 0.311 e. The number of rotatable bonds is 6. The Kier molecular flexibility index (Phi) is 6.37. The lowest BCUT2D eigenvalue weighted by Gasteiger charge is -2.14. The first-order chi connectivity index (χ1) is 15.0. The van der Waals surface area contributed by atoms with Crippen LogP contribution in [0.25, 0.3) is 0 Å². The van der Waals surface area contributed by atoms with E-state index in [0.717, 1.165) is 42.5 Å². The number of esters is 1. The number of thiophene rings is 1. The maximum Gasteiger partial charge on any atom is 0.311 e. The van der Waals surface area contributed by atoms with Crippen LogP contribution < -0.4 is 5.32 Å². The highest BCUT2D eigenvalue weighted by molar-refractivity contribution is 7.16. The molecule has 0 aromatic carbocycles. The Morgan fingerprint density at radius 1 is 1.32 bits per heavy atom. The number of nitriles is 1. The molecule has 1 atom stereocenters. The minimum absolute atomic E-state index is 0.0530. The molecule has 0 bridgehead atoms. The van der Waals surface area contributed by atoms with Crippen LogP contribution in [-0.4, -0.2) is 35.8 Å². The second-order valence-corrected chi connectivity index (χ2v) is 8.90. The average molecular weight is 442 g/mol. The summed E-state index contributed by atoms with van der Waals surface area (Å²) < 4.78 is 10.4. The third-order valence-electron chi connectivity index (χ3n) is 5.61. The number of fused-ring (bicyclic) bond motifs is 1. The SMILES string of the molecule is N#Cc1c(NC(=O)COC(=O)[C@H]2CC(=O)N(Cc3ccco3)C2)sc2c1CCCCC2. The molecule has 0 radical (unpaired) electrons. The third kappa shape index (κ3) is 4.80. The lowest BCUT2D eigenvalue weighted by Crippen LogP contribution is -2.28. The highest BCUT2D eigenvalue weighted by Gasteiger charge is 2.36. The molecule has 0 spiro atoms. The van der Waals surface area contributed by atoms with Crippen LogP contribution in [-0.2, 0) is 38.5 Å². The molecular formula is C22H23N3O5S. The Morgan fingerprint density at radius 2 is 2.16 bits per heavy atom. The van der Waals surface area contributed by atoms with E-state index in [4.69, 9.17) is 9.15 Å². The molecule has 1 aliphatic heterocycles. The van der Waals surface area contributed by atoms with E-state index < -0.39 is 24.4 Å². The van der Waals surface area contributed by atoms with Gasteiger partial charge in [-0.25, -0.2) is 0 Å². The van der Waals surface area contributed by atoms with E-state index >= 15 is 0 Å². The average Bonchev–Trinajstić information content (AvgIpc) is 3.43. The Bertz CT molecular complexity index is 1020. The van der Waals surface area contributed by atoms with Crippen molar-refractivity contribution in [3.63, 3.8) is 0 Å². The minimum Gasteiger partial charge on any atom is -0.467 e. The van der Waals surface area contributed by atoms with Gasteiger partial charge in [-0.05, 0) is 43.4 Å². The zero-order chi connectivity index (χ0) is 21.8. The number of nitrogens with zero attached hydrogens (tertiary/aromatic N) is 2. The van der Waals surface area contributed by atoms with Gasteiger partial charge in [0.15, 0.2) is 6.61 Å². The van der Waals surface area contributed by atoms with E-state index in [1.807, 2.05) is 0 Å². The minimum atomic E-state index is -0.609. The molecule has 1 aliphatic carbocycles. The number of anilines is 1. The number of aryl methyl sites for hydroxylation is 1. The number of furan rings is 1. The molecule has 2 aromatic heterocycles. The topological polar surface area (TPSA) is 113 Å². The fourth-order valence-electron chi connectivity index (χ4n) is 4.04. The zero-order valence-electron chi connectivity index (χ0n) is 17.0. The van der Waals surface area contributed by atoms with Crippen LogP contribution in [0.3, 0.4) is 0 Å². The van der Waals surface area contributed by atoms with E-state index in [9.17, 15) is 19.6 Å². The fourth-order valence-corrected chi connectivity index (χ4v) is 5.30. The molecule has 0 saturated carbocycles. The van der Waals surface area contributed by atoms with Gasteiger partial charge in [0.1, 0.15) is 16.8 Å². The molecule has 2 amide bonds. The predicted octanol–water partition coefficient (Wildman–Crippen LogP) is 3.01. The van der Waals surface area contributed by atoms with Crippen molar-refractivity contribution in [2.45, 2.75) is 45.1 Å². The number of carbonyl (C=O) groups excluding carboxylic acids is 3. The lowest BCUT2D eigenvalue weighted by molar-refractivity contribution is -0.151. The molecule has 1 saturated heterocycles. The van der Waals surface area contributed by atoms with E-state index in [0.29, 0.717) is 22.9 Å². The van der Waals surface area contributed by atoms with Gasteiger partial charge in [-0.1, -0.05) is 6.42 Å². The van der Waals surface area contributed by atoms with Crippen molar-refractivity contribution in [3.05, 3.63) is 40.2 Å². The van der Waals surface area contributed by atoms with Crippen molar-refractivity contribution in [1.82, 2.24) is 4.90 Å². The van der Waals surface area contributed by atoms with Gasteiger partial charge in [-0.2, -0.15) is 5.26 Å². The number of hydrogen-bond acceptors (Lipinski definition) is 7. The second kappa shape index (κ2) is 9.35. The molecule has 4 rings (SSSR count). The number of carbonyl (C=O) groups is 3. The summed E-state index contributed by atoms with van der Waals surface area (Å²) in [6.07, 6.45) is 6.63. The number of likely N-dealkylation sites (tertiary alicyclic amines) is 1. The van der Waals surface area contributed by atoms with E-state index in [1.54, 1.807) is 17.0 Å². The molecule has 3 heterocycles. The molecule has 1 N–H and O–H groups in total. The van der Waals surface area contributed by atoms with Gasteiger partial charge >= 0.3 is 5.97 Å². The van der Waals surface area contributed by atoms with Crippen molar-refractivity contribution >= 4 is 34.1 Å². The Labute approximate surface area is 183 Å². The molecule has 162 valence electrons. The third-order valence-corrected chi connectivity index (χ3v) is 6.81. The molecule has 2 aliphatic rings. The summed E-state index contributed by atoms with van der Waals surface area (Å²) in [5.74, 6) is -1.18. The van der Waals surface area contributed by atoms with Gasteiger partial charge in [-0.15, -0.1) is 11.3 Å². The van der Waals surface area contributed by atoms with Crippen molar-refractivity contribution in [2.75, 3.05) is 18.5 Å². The largest absolute Gasteiger partial charge is 0.467 e. The van der Waals surface area contributed by atoms with Crippen molar-refractivity contribution in [2.24, 2.45) is 5.92 Å². The summed E-state index contributed by atoms with van der Waals surface area (Å²) in [5, 5.41) is 12.8. The van der Waals surface area contributed by atoms with Crippen LogP contribution in [0.5, 0.6) is 0 Å². The van der Waals surface area contributed by atoms with Crippen LogP contribution in [0, 0.1) is 17.2 Å². The van der Waals surface area contributed by atoms with Gasteiger partial charge in [0.2, 0.25) is 5.91 Å². The number of amides is 2. The summed E-state index contributed by atoms with van der Waals surface area (Å²) in [4.78, 5) is 39.6. The fraction of sp³-hybridized carbons (Fsp3) is 0.455. The number of hydrogen-bond donors (Lipinski definition) is 1. The molecule has 1 fully saturated rings. The molecule has 8 nitrogen and oxygen atoms in total.